The molecule has 0 spiro atoms. The molecule has 0 saturated heterocycles. The third-order valence-corrected chi connectivity index (χ3v) is 3.47. The van der Waals surface area contributed by atoms with E-state index in [1.165, 1.54) is 18.2 Å². The van der Waals surface area contributed by atoms with Crippen LogP contribution >= 0.6 is 11.6 Å². The van der Waals surface area contributed by atoms with Crippen LogP contribution in [0.25, 0.3) is 0 Å². The molecule has 0 aliphatic heterocycles. The summed E-state index contributed by atoms with van der Waals surface area (Å²) in [6.45, 7) is 2.16. The molecule has 1 aromatic carbocycles. The van der Waals surface area contributed by atoms with Gasteiger partial charge in [-0.1, -0.05) is 24.6 Å². The summed E-state index contributed by atoms with van der Waals surface area (Å²) in [5.74, 6) is 0.0541. The summed E-state index contributed by atoms with van der Waals surface area (Å²) >= 11 is 5.92. The summed E-state index contributed by atoms with van der Waals surface area (Å²) in [4.78, 5) is 12.2. The Labute approximate surface area is 105 Å². The molecule has 0 fully saturated rings. The van der Waals surface area contributed by atoms with Gasteiger partial charge in [-0.3, -0.25) is 4.79 Å². The van der Waals surface area contributed by atoms with Gasteiger partial charge in [0.25, 0.3) is 0 Å². The van der Waals surface area contributed by atoms with Crippen molar-refractivity contribution in [2.24, 2.45) is 5.92 Å². The van der Waals surface area contributed by atoms with Crippen molar-refractivity contribution in [3.63, 3.8) is 0 Å². The lowest BCUT2D eigenvalue weighted by Gasteiger charge is -2.17. The van der Waals surface area contributed by atoms with Gasteiger partial charge in [0.15, 0.2) is 5.78 Å². The van der Waals surface area contributed by atoms with Gasteiger partial charge in [0.1, 0.15) is 5.82 Å². The van der Waals surface area contributed by atoms with E-state index in [0.29, 0.717) is 10.9 Å². The van der Waals surface area contributed by atoms with Crippen molar-refractivity contribution in [1.29, 1.82) is 0 Å². The number of rotatable bonds is 2. The number of allylic oxidation sites excluding steroid dienone is 2. The van der Waals surface area contributed by atoms with Crippen LogP contribution in [0.2, 0.25) is 5.02 Å². The van der Waals surface area contributed by atoms with E-state index in [1.807, 2.05) is 6.08 Å². The van der Waals surface area contributed by atoms with Gasteiger partial charge in [0.2, 0.25) is 0 Å². The maximum Gasteiger partial charge on any atom is 0.190 e. The van der Waals surface area contributed by atoms with Crippen molar-refractivity contribution in [3.05, 3.63) is 46.3 Å². The van der Waals surface area contributed by atoms with E-state index in [1.54, 1.807) is 0 Å². The van der Waals surface area contributed by atoms with Crippen molar-refractivity contribution in [2.75, 3.05) is 0 Å². The van der Waals surface area contributed by atoms with E-state index in [2.05, 4.69) is 6.92 Å². The number of ketones is 1. The fourth-order valence-corrected chi connectivity index (χ4v) is 2.22. The zero-order chi connectivity index (χ0) is 12.4. The number of Topliss-reactive ketones (excluding diaryl/α,β-unsaturated/α-hetero) is 1. The van der Waals surface area contributed by atoms with Gasteiger partial charge < -0.3 is 0 Å². The highest BCUT2D eigenvalue weighted by Gasteiger charge is 2.19. The van der Waals surface area contributed by atoms with Crippen molar-refractivity contribution in [2.45, 2.75) is 26.2 Å². The van der Waals surface area contributed by atoms with E-state index in [4.69, 9.17) is 11.6 Å². The van der Waals surface area contributed by atoms with Gasteiger partial charge >= 0.3 is 0 Å². The molecule has 17 heavy (non-hydrogen) atoms. The molecular formula is C14H14ClFO. The number of hydrogen-bond donors (Lipinski definition) is 0. The molecule has 0 heterocycles. The Bertz CT molecular complexity index is 479. The van der Waals surface area contributed by atoms with Crippen LogP contribution in [0.4, 0.5) is 4.39 Å². The second kappa shape index (κ2) is 5.01. The molecule has 0 aromatic heterocycles. The first-order valence-electron chi connectivity index (χ1n) is 5.76. The van der Waals surface area contributed by atoms with E-state index < -0.39 is 5.82 Å². The summed E-state index contributed by atoms with van der Waals surface area (Å²) in [5, 5.41) is 0.316. The summed E-state index contributed by atoms with van der Waals surface area (Å²) in [6, 6.07) is 3.90. The molecule has 1 unspecified atom stereocenters. The first-order valence-corrected chi connectivity index (χ1v) is 6.14. The minimum Gasteiger partial charge on any atom is -0.289 e. The van der Waals surface area contributed by atoms with Crippen LogP contribution in [0, 0.1) is 11.7 Å². The molecule has 1 aliphatic rings. The molecule has 1 atom stereocenters. The van der Waals surface area contributed by atoms with E-state index in [0.717, 1.165) is 24.8 Å². The molecule has 1 nitrogen and oxygen atoms in total. The molecule has 1 aromatic rings. The van der Waals surface area contributed by atoms with Crippen molar-refractivity contribution < 1.29 is 9.18 Å². The van der Waals surface area contributed by atoms with Crippen molar-refractivity contribution in [3.8, 4) is 0 Å². The largest absolute Gasteiger partial charge is 0.289 e. The highest BCUT2D eigenvalue weighted by atomic mass is 35.5. The van der Waals surface area contributed by atoms with Crippen molar-refractivity contribution in [1.82, 2.24) is 0 Å². The van der Waals surface area contributed by atoms with Crippen LogP contribution in [0.3, 0.4) is 0 Å². The molecule has 0 N–H and O–H groups in total. The van der Waals surface area contributed by atoms with Crippen LogP contribution in [-0.2, 0) is 0 Å². The lowest BCUT2D eigenvalue weighted by molar-refractivity contribution is 0.102. The number of carbonyl (C=O) groups is 1. The Kier molecular flexibility index (Phi) is 3.63. The van der Waals surface area contributed by atoms with Crippen LogP contribution in [0.5, 0.6) is 0 Å². The maximum atomic E-state index is 13.1. The third kappa shape index (κ3) is 2.75. The smallest absolute Gasteiger partial charge is 0.190 e. The number of benzene rings is 1. The van der Waals surface area contributed by atoms with Gasteiger partial charge in [-0.15, -0.1) is 0 Å². The Balaban J connectivity index is 2.28. The van der Waals surface area contributed by atoms with E-state index in [9.17, 15) is 9.18 Å². The van der Waals surface area contributed by atoms with Crippen LogP contribution in [-0.4, -0.2) is 5.78 Å². The summed E-state index contributed by atoms with van der Waals surface area (Å²) in [6.07, 6.45) is 4.63. The number of carbonyl (C=O) groups excluding carboxylic acids is 1. The predicted octanol–water partition coefficient (Wildman–Crippen LogP) is 4.41. The second-order valence-electron chi connectivity index (χ2n) is 4.56. The quantitative estimate of drug-likeness (QED) is 0.713. The monoisotopic (exact) mass is 252 g/mol. The first kappa shape index (κ1) is 12.3. The Morgan fingerprint density at radius 2 is 2.24 bits per heavy atom. The van der Waals surface area contributed by atoms with Gasteiger partial charge in [-0.05, 0) is 49.0 Å². The van der Waals surface area contributed by atoms with Crippen LogP contribution in [0.15, 0.2) is 29.8 Å². The average molecular weight is 253 g/mol. The SMILES string of the molecule is CC1CC=C(C(=O)c2cc(F)ccc2Cl)CC1. The summed E-state index contributed by atoms with van der Waals surface area (Å²) in [7, 11) is 0. The fraction of sp³-hybridized carbons (Fsp3) is 0.357. The number of halogens is 2. The van der Waals surface area contributed by atoms with Gasteiger partial charge in [-0.25, -0.2) is 4.39 Å². The molecule has 2 rings (SSSR count). The van der Waals surface area contributed by atoms with Crippen molar-refractivity contribution >= 4 is 17.4 Å². The highest BCUT2D eigenvalue weighted by Crippen LogP contribution is 2.28. The standard InChI is InChI=1S/C14H14ClFO/c1-9-2-4-10(5-3-9)14(17)12-8-11(16)6-7-13(12)15/h4,6-9H,2-3,5H2,1H3. The van der Waals surface area contributed by atoms with Gasteiger partial charge in [0, 0.05) is 5.56 Å². The van der Waals surface area contributed by atoms with E-state index >= 15 is 0 Å². The van der Waals surface area contributed by atoms with Crippen LogP contribution < -0.4 is 0 Å². The summed E-state index contributed by atoms with van der Waals surface area (Å²) in [5.41, 5.74) is 1.03. The minimum atomic E-state index is -0.428. The normalized spacial score (nSPS) is 19.9. The Hall–Kier alpha value is -1.15. The Morgan fingerprint density at radius 3 is 2.88 bits per heavy atom. The molecule has 90 valence electrons. The topological polar surface area (TPSA) is 17.1 Å². The highest BCUT2D eigenvalue weighted by molar-refractivity contribution is 6.34. The molecule has 0 saturated carbocycles. The summed E-state index contributed by atoms with van der Waals surface area (Å²) < 4.78 is 13.1. The molecule has 1 aliphatic carbocycles. The lowest BCUT2D eigenvalue weighted by atomic mass is 9.87. The third-order valence-electron chi connectivity index (χ3n) is 3.14. The predicted molar refractivity (Wildman–Crippen MR) is 66.8 cm³/mol. The van der Waals surface area contributed by atoms with Gasteiger partial charge in [-0.2, -0.15) is 0 Å². The molecule has 0 bridgehead atoms. The fourth-order valence-electron chi connectivity index (χ4n) is 2.02. The first-order chi connectivity index (χ1) is 8.08. The Morgan fingerprint density at radius 1 is 1.47 bits per heavy atom. The minimum absolute atomic E-state index is 0.138. The molecule has 0 radical (unpaired) electrons. The number of hydrogen-bond acceptors (Lipinski definition) is 1. The molecule has 0 amide bonds. The molecular weight excluding hydrogens is 239 g/mol. The maximum absolute atomic E-state index is 13.1. The van der Waals surface area contributed by atoms with E-state index in [-0.39, 0.29) is 11.3 Å². The second-order valence-corrected chi connectivity index (χ2v) is 4.97. The van der Waals surface area contributed by atoms with Gasteiger partial charge in [0.05, 0.1) is 5.02 Å². The zero-order valence-corrected chi connectivity index (χ0v) is 10.4. The average Bonchev–Trinajstić information content (AvgIpc) is 2.32. The van der Waals surface area contributed by atoms with Crippen LogP contribution in [0.1, 0.15) is 36.5 Å². The molecule has 3 heteroatoms. The zero-order valence-electron chi connectivity index (χ0n) is 9.67. The lowest BCUT2D eigenvalue weighted by Crippen LogP contribution is -2.10.